The maximum Gasteiger partial charge on any atom is 0.227 e. The van der Waals surface area contributed by atoms with Crippen LogP contribution >= 0.6 is 24.8 Å². The molecule has 1 saturated heterocycles. The van der Waals surface area contributed by atoms with Gasteiger partial charge in [0, 0.05) is 38.8 Å². The lowest BCUT2D eigenvalue weighted by molar-refractivity contribution is -0.135. The number of imidazole rings is 1. The maximum atomic E-state index is 12.7. The van der Waals surface area contributed by atoms with Gasteiger partial charge in [0.25, 0.3) is 0 Å². The Bertz CT molecular complexity index is 742. The van der Waals surface area contributed by atoms with E-state index in [9.17, 15) is 4.79 Å². The summed E-state index contributed by atoms with van der Waals surface area (Å²) in [5.74, 6) is 1.05. The molecule has 8 heteroatoms. The zero-order valence-corrected chi connectivity index (χ0v) is 17.6. The summed E-state index contributed by atoms with van der Waals surface area (Å²) in [5, 5.41) is 3.08. The first kappa shape index (κ1) is 23.7. The average molecular weight is 417 g/mol. The Morgan fingerprint density at radius 3 is 2.59 bits per heavy atom. The number of aromatic nitrogens is 2. The highest BCUT2D eigenvalue weighted by Gasteiger charge is 2.38. The van der Waals surface area contributed by atoms with Crippen molar-refractivity contribution in [2.75, 3.05) is 26.3 Å². The van der Waals surface area contributed by atoms with Crippen LogP contribution in [0.1, 0.15) is 38.6 Å². The molecule has 1 fully saturated rings. The van der Waals surface area contributed by atoms with E-state index in [1.165, 1.54) is 0 Å². The number of para-hydroxylation sites is 2. The predicted molar refractivity (Wildman–Crippen MR) is 113 cm³/mol. The Hall–Kier alpha value is -1.34. The Kier molecular flexibility index (Phi) is 9.02. The topological polar surface area (TPSA) is 82.2 Å². The normalized spacial score (nSPS) is 15.9. The molecule has 1 aromatic heterocycles. The molecule has 2 aromatic rings. The number of amides is 1. The number of hydrogen-bond acceptors (Lipinski definition) is 4. The number of fused-ring (bicyclic) bond motifs is 1. The first-order valence-corrected chi connectivity index (χ1v) is 9.09. The van der Waals surface area contributed by atoms with Crippen LogP contribution in [-0.4, -0.2) is 41.8 Å². The quantitative estimate of drug-likeness (QED) is 0.757. The number of nitrogens with two attached hydrogens (primary N) is 1. The van der Waals surface area contributed by atoms with Gasteiger partial charge >= 0.3 is 0 Å². The van der Waals surface area contributed by atoms with Gasteiger partial charge in [-0.1, -0.05) is 12.1 Å². The van der Waals surface area contributed by atoms with Crippen LogP contribution in [0.25, 0.3) is 11.0 Å². The molecule has 0 bridgehead atoms. The molecule has 27 heavy (non-hydrogen) atoms. The molecule has 0 aliphatic carbocycles. The highest BCUT2D eigenvalue weighted by atomic mass is 35.5. The largest absolute Gasteiger partial charge is 0.381 e. The highest BCUT2D eigenvalue weighted by molar-refractivity contribution is 5.85. The van der Waals surface area contributed by atoms with Gasteiger partial charge in [-0.15, -0.1) is 24.8 Å². The van der Waals surface area contributed by atoms with Crippen LogP contribution in [0.2, 0.25) is 0 Å². The third-order valence-corrected chi connectivity index (χ3v) is 5.14. The van der Waals surface area contributed by atoms with E-state index in [1.54, 1.807) is 0 Å². The van der Waals surface area contributed by atoms with Crippen LogP contribution < -0.4 is 11.1 Å². The van der Waals surface area contributed by atoms with Crippen molar-refractivity contribution in [3.63, 3.8) is 0 Å². The van der Waals surface area contributed by atoms with E-state index in [0.29, 0.717) is 51.6 Å². The van der Waals surface area contributed by atoms with E-state index in [4.69, 9.17) is 15.5 Å². The van der Waals surface area contributed by atoms with Crippen LogP contribution in [0.3, 0.4) is 0 Å². The van der Waals surface area contributed by atoms with E-state index >= 15 is 0 Å². The second-order valence-corrected chi connectivity index (χ2v) is 7.08. The third kappa shape index (κ3) is 4.93. The van der Waals surface area contributed by atoms with Crippen LogP contribution in [0.15, 0.2) is 24.3 Å². The van der Waals surface area contributed by atoms with Crippen molar-refractivity contribution in [3.05, 3.63) is 30.1 Å². The molecular weight excluding hydrogens is 387 g/mol. The SMILES string of the molecule is CC(C)n1c(CCNC(=O)C2(CN)CCOCC2)nc2ccccc21.Cl.Cl. The summed E-state index contributed by atoms with van der Waals surface area (Å²) < 4.78 is 7.62. The van der Waals surface area contributed by atoms with Gasteiger partial charge in [0.1, 0.15) is 5.82 Å². The average Bonchev–Trinajstić information content (AvgIpc) is 3.00. The molecule has 3 N–H and O–H groups in total. The molecule has 1 aromatic carbocycles. The summed E-state index contributed by atoms with van der Waals surface area (Å²) in [7, 11) is 0. The predicted octanol–water partition coefficient (Wildman–Crippen LogP) is 2.88. The van der Waals surface area contributed by atoms with Gasteiger partial charge in [-0.25, -0.2) is 4.98 Å². The number of carbonyl (C=O) groups is 1. The lowest BCUT2D eigenvalue weighted by Crippen LogP contribution is -2.49. The molecule has 0 radical (unpaired) electrons. The van der Waals surface area contributed by atoms with E-state index < -0.39 is 5.41 Å². The van der Waals surface area contributed by atoms with Gasteiger partial charge in [-0.3, -0.25) is 4.79 Å². The minimum Gasteiger partial charge on any atom is -0.381 e. The van der Waals surface area contributed by atoms with Crippen molar-refractivity contribution < 1.29 is 9.53 Å². The summed E-state index contributed by atoms with van der Waals surface area (Å²) in [4.78, 5) is 17.4. The van der Waals surface area contributed by atoms with Crippen molar-refractivity contribution in [2.24, 2.45) is 11.1 Å². The second kappa shape index (κ2) is 10.3. The third-order valence-electron chi connectivity index (χ3n) is 5.14. The van der Waals surface area contributed by atoms with Gasteiger partial charge in [0.05, 0.1) is 16.4 Å². The van der Waals surface area contributed by atoms with Gasteiger partial charge in [0.2, 0.25) is 5.91 Å². The summed E-state index contributed by atoms with van der Waals surface area (Å²) in [6.45, 7) is 6.45. The number of hydrogen-bond donors (Lipinski definition) is 2. The molecule has 0 unspecified atom stereocenters. The van der Waals surface area contributed by atoms with Crippen molar-refractivity contribution in [2.45, 2.75) is 39.2 Å². The number of halogens is 2. The minimum atomic E-state index is -0.476. The second-order valence-electron chi connectivity index (χ2n) is 7.08. The number of carbonyl (C=O) groups excluding carboxylic acids is 1. The molecule has 1 aliphatic rings. The van der Waals surface area contributed by atoms with E-state index in [1.807, 2.05) is 18.2 Å². The first-order chi connectivity index (χ1) is 12.1. The molecule has 3 rings (SSSR count). The van der Waals surface area contributed by atoms with Gasteiger partial charge in [0.15, 0.2) is 0 Å². The zero-order valence-electron chi connectivity index (χ0n) is 15.9. The van der Waals surface area contributed by atoms with Crippen molar-refractivity contribution in [1.82, 2.24) is 14.9 Å². The molecule has 6 nitrogen and oxygen atoms in total. The van der Waals surface area contributed by atoms with Crippen LogP contribution in [0, 0.1) is 5.41 Å². The van der Waals surface area contributed by atoms with Crippen LogP contribution in [-0.2, 0) is 16.0 Å². The smallest absolute Gasteiger partial charge is 0.227 e. The summed E-state index contributed by atoms with van der Waals surface area (Å²) in [6, 6.07) is 8.48. The fourth-order valence-corrected chi connectivity index (χ4v) is 3.61. The summed E-state index contributed by atoms with van der Waals surface area (Å²) in [6.07, 6.45) is 2.09. The van der Waals surface area contributed by atoms with Crippen LogP contribution in [0.5, 0.6) is 0 Å². The molecule has 0 saturated carbocycles. The van der Waals surface area contributed by atoms with Gasteiger partial charge in [-0.05, 0) is 38.8 Å². The Morgan fingerprint density at radius 1 is 1.30 bits per heavy atom. The number of rotatable bonds is 6. The van der Waals surface area contributed by atoms with Crippen molar-refractivity contribution >= 4 is 41.8 Å². The standard InChI is InChI=1S/C19H28N4O2.2ClH/c1-14(2)23-16-6-4-3-5-15(16)22-17(23)7-10-21-18(24)19(13-20)8-11-25-12-9-19;;/h3-6,14H,7-13,20H2,1-2H3,(H,21,24);2*1H. The lowest BCUT2D eigenvalue weighted by atomic mass is 9.79. The number of ether oxygens (including phenoxy) is 1. The first-order valence-electron chi connectivity index (χ1n) is 9.09. The molecule has 0 atom stereocenters. The molecule has 0 spiro atoms. The van der Waals surface area contributed by atoms with E-state index in [2.05, 4.69) is 29.8 Å². The Morgan fingerprint density at radius 2 is 1.96 bits per heavy atom. The fourth-order valence-electron chi connectivity index (χ4n) is 3.61. The van der Waals surface area contributed by atoms with Gasteiger partial charge < -0.3 is 20.4 Å². The van der Waals surface area contributed by atoms with E-state index in [0.717, 1.165) is 16.9 Å². The lowest BCUT2D eigenvalue weighted by Gasteiger charge is -2.34. The maximum absolute atomic E-state index is 12.7. The van der Waals surface area contributed by atoms with Crippen LogP contribution in [0.4, 0.5) is 0 Å². The van der Waals surface area contributed by atoms with Crippen molar-refractivity contribution in [3.8, 4) is 0 Å². The van der Waals surface area contributed by atoms with Gasteiger partial charge in [-0.2, -0.15) is 0 Å². The fraction of sp³-hybridized carbons (Fsp3) is 0.579. The van der Waals surface area contributed by atoms with Crippen molar-refractivity contribution in [1.29, 1.82) is 0 Å². The number of benzene rings is 1. The number of nitrogens with one attached hydrogen (secondary N) is 1. The number of nitrogens with zero attached hydrogens (tertiary/aromatic N) is 2. The molecule has 1 amide bonds. The molecule has 1 aliphatic heterocycles. The Balaban J connectivity index is 0.00000182. The zero-order chi connectivity index (χ0) is 17.9. The minimum absolute atomic E-state index is 0. The highest BCUT2D eigenvalue weighted by Crippen LogP contribution is 2.29. The molecule has 2 heterocycles. The van der Waals surface area contributed by atoms with E-state index in [-0.39, 0.29) is 30.7 Å². The molecule has 152 valence electrons. The monoisotopic (exact) mass is 416 g/mol. The summed E-state index contributed by atoms with van der Waals surface area (Å²) in [5.41, 5.74) is 7.57. The Labute approximate surface area is 173 Å². The molecular formula is C19H30Cl2N4O2. The summed E-state index contributed by atoms with van der Waals surface area (Å²) >= 11 is 0.